The molecule has 0 aliphatic heterocycles. The number of halogens is 2. The van der Waals surface area contributed by atoms with Crippen molar-refractivity contribution in [2.24, 2.45) is 5.73 Å². The number of hydrogen-bond donors (Lipinski definition) is 3. The van der Waals surface area contributed by atoms with Crippen LogP contribution in [0.1, 0.15) is 45.1 Å². The van der Waals surface area contributed by atoms with E-state index in [0.29, 0.717) is 30.9 Å². The molecule has 1 atom stereocenters. The van der Waals surface area contributed by atoms with E-state index in [1.807, 2.05) is 86.6 Å². The molecule has 1 heterocycles. The van der Waals surface area contributed by atoms with Gasteiger partial charge in [0.1, 0.15) is 11.8 Å². The molecule has 0 aliphatic carbocycles. The number of pyridine rings is 1. The summed E-state index contributed by atoms with van der Waals surface area (Å²) < 4.78 is 5.56. The first-order valence-corrected chi connectivity index (χ1v) is 14.7. The molecule has 11 heteroatoms. The number of nitrogens with two attached hydrogens (primary N) is 1. The van der Waals surface area contributed by atoms with Crippen LogP contribution in [-0.2, 0) is 30.7 Å². The Morgan fingerprint density at radius 3 is 2.13 bits per heavy atom. The topological polar surface area (TPSA) is 127 Å². The van der Waals surface area contributed by atoms with Gasteiger partial charge in [-0.15, -0.1) is 24.8 Å². The minimum atomic E-state index is -1.01. The van der Waals surface area contributed by atoms with Gasteiger partial charge in [0.05, 0.1) is 6.61 Å². The van der Waals surface area contributed by atoms with Crippen molar-refractivity contribution in [2.75, 3.05) is 13.2 Å². The third-order valence-electron chi connectivity index (χ3n) is 7.15. The number of aromatic nitrogens is 1. The van der Waals surface area contributed by atoms with Gasteiger partial charge in [-0.2, -0.15) is 0 Å². The Labute approximate surface area is 282 Å². The highest BCUT2D eigenvalue weighted by molar-refractivity contribution is 6.01. The van der Waals surface area contributed by atoms with Crippen LogP contribution >= 0.6 is 24.8 Å². The van der Waals surface area contributed by atoms with E-state index in [4.69, 9.17) is 10.5 Å². The molecule has 0 spiro atoms. The van der Waals surface area contributed by atoms with Crippen LogP contribution in [0.4, 0.5) is 4.79 Å². The Hall–Kier alpha value is -4.44. The van der Waals surface area contributed by atoms with Crippen LogP contribution < -0.4 is 21.1 Å². The van der Waals surface area contributed by atoms with Crippen LogP contribution in [-0.4, -0.2) is 46.9 Å². The second-order valence-corrected chi connectivity index (χ2v) is 10.5. The SMILES string of the molecule is CCOc1ccc(C[C@@H](NC(=O)c2ccc(C)cc2)C(=O)N(CCc2cccnc2)C(=O)NCc2ccc(CN)cc2)cc1.Cl.Cl. The predicted molar refractivity (Wildman–Crippen MR) is 184 cm³/mol. The second kappa shape index (κ2) is 19.2. The van der Waals surface area contributed by atoms with Crippen molar-refractivity contribution in [1.29, 1.82) is 0 Å². The van der Waals surface area contributed by atoms with E-state index in [0.717, 1.165) is 27.8 Å². The molecular weight excluding hydrogens is 625 g/mol. The second-order valence-electron chi connectivity index (χ2n) is 10.5. The first-order valence-electron chi connectivity index (χ1n) is 14.7. The van der Waals surface area contributed by atoms with Crippen molar-refractivity contribution in [3.8, 4) is 5.75 Å². The minimum absolute atomic E-state index is 0. The van der Waals surface area contributed by atoms with Crippen molar-refractivity contribution < 1.29 is 19.1 Å². The quantitative estimate of drug-likeness (QED) is 0.175. The number of carbonyl (C=O) groups is 3. The molecule has 4 aromatic rings. The fraction of sp³-hybridized carbons (Fsp3) is 0.257. The number of ether oxygens (including phenoxy) is 1. The summed E-state index contributed by atoms with van der Waals surface area (Å²) in [7, 11) is 0. The van der Waals surface area contributed by atoms with Crippen molar-refractivity contribution in [1.82, 2.24) is 20.5 Å². The number of amides is 4. The van der Waals surface area contributed by atoms with Crippen LogP contribution in [0.5, 0.6) is 5.75 Å². The zero-order chi connectivity index (χ0) is 31.3. The number of carbonyl (C=O) groups excluding carboxylic acids is 3. The molecule has 3 aromatic carbocycles. The maximum atomic E-state index is 14.2. The maximum Gasteiger partial charge on any atom is 0.324 e. The summed E-state index contributed by atoms with van der Waals surface area (Å²) in [6.07, 6.45) is 3.96. The van der Waals surface area contributed by atoms with Gasteiger partial charge < -0.3 is 21.1 Å². The van der Waals surface area contributed by atoms with Crippen molar-refractivity contribution in [2.45, 2.75) is 45.8 Å². The normalized spacial score (nSPS) is 10.8. The molecule has 46 heavy (non-hydrogen) atoms. The summed E-state index contributed by atoms with van der Waals surface area (Å²) in [4.78, 5) is 46.4. The summed E-state index contributed by atoms with van der Waals surface area (Å²) in [6, 6.07) is 24.2. The summed E-state index contributed by atoms with van der Waals surface area (Å²) >= 11 is 0. The number of benzene rings is 3. The Balaban J connectivity index is 0.00000368. The summed E-state index contributed by atoms with van der Waals surface area (Å²) in [5, 5.41) is 5.77. The van der Waals surface area contributed by atoms with Gasteiger partial charge in [-0.25, -0.2) is 4.79 Å². The zero-order valence-corrected chi connectivity index (χ0v) is 27.6. The molecule has 4 amide bonds. The fourth-order valence-corrected chi connectivity index (χ4v) is 4.62. The molecule has 1 aromatic heterocycles. The van der Waals surface area contributed by atoms with Crippen molar-refractivity contribution in [3.63, 3.8) is 0 Å². The van der Waals surface area contributed by atoms with Crippen molar-refractivity contribution in [3.05, 3.63) is 131 Å². The smallest absolute Gasteiger partial charge is 0.324 e. The van der Waals surface area contributed by atoms with E-state index in [2.05, 4.69) is 15.6 Å². The van der Waals surface area contributed by atoms with Gasteiger partial charge in [0.2, 0.25) is 0 Å². The van der Waals surface area contributed by atoms with Crippen LogP contribution in [0.25, 0.3) is 0 Å². The number of nitrogens with one attached hydrogen (secondary N) is 2. The summed E-state index contributed by atoms with van der Waals surface area (Å²) in [5.74, 6) is -0.207. The molecule has 9 nitrogen and oxygen atoms in total. The number of urea groups is 1. The van der Waals surface area contributed by atoms with E-state index < -0.39 is 23.9 Å². The number of nitrogens with zero attached hydrogens (tertiary/aromatic N) is 2. The fourth-order valence-electron chi connectivity index (χ4n) is 4.62. The monoisotopic (exact) mass is 665 g/mol. The first-order chi connectivity index (χ1) is 21.4. The van der Waals surface area contributed by atoms with Crippen LogP contribution in [0, 0.1) is 6.92 Å². The van der Waals surface area contributed by atoms with Crippen LogP contribution in [0.15, 0.2) is 97.3 Å². The molecule has 244 valence electrons. The highest BCUT2D eigenvalue weighted by atomic mass is 35.5. The Kier molecular flexibility index (Phi) is 15.7. The number of imide groups is 1. The lowest BCUT2D eigenvalue weighted by Crippen LogP contribution is -2.54. The number of hydrogen-bond acceptors (Lipinski definition) is 6. The highest BCUT2D eigenvalue weighted by Gasteiger charge is 2.30. The maximum absolute atomic E-state index is 14.2. The largest absolute Gasteiger partial charge is 0.494 e. The van der Waals surface area contributed by atoms with Gasteiger partial charge in [-0.1, -0.05) is 60.2 Å². The molecule has 0 saturated heterocycles. The molecule has 0 bridgehead atoms. The third kappa shape index (κ3) is 11.2. The predicted octanol–water partition coefficient (Wildman–Crippen LogP) is 5.41. The molecule has 4 N–H and O–H groups in total. The van der Waals surface area contributed by atoms with Gasteiger partial charge >= 0.3 is 6.03 Å². The van der Waals surface area contributed by atoms with Gasteiger partial charge in [-0.05, 0) is 72.9 Å². The van der Waals surface area contributed by atoms with Gasteiger partial charge in [0.15, 0.2) is 0 Å². The number of aryl methyl sites for hydroxylation is 1. The molecule has 0 fully saturated rings. The van der Waals surface area contributed by atoms with Crippen molar-refractivity contribution >= 4 is 42.7 Å². The van der Waals surface area contributed by atoms with Crippen LogP contribution in [0.3, 0.4) is 0 Å². The Morgan fingerprint density at radius 2 is 1.52 bits per heavy atom. The van der Waals surface area contributed by atoms with E-state index in [9.17, 15) is 14.4 Å². The van der Waals surface area contributed by atoms with Gasteiger partial charge in [0, 0.05) is 44.0 Å². The molecule has 0 aliphatic rings. The first kappa shape index (κ1) is 37.7. The lowest BCUT2D eigenvalue weighted by atomic mass is 10.0. The lowest BCUT2D eigenvalue weighted by molar-refractivity contribution is -0.130. The highest BCUT2D eigenvalue weighted by Crippen LogP contribution is 2.16. The molecule has 4 rings (SSSR count). The zero-order valence-electron chi connectivity index (χ0n) is 26.0. The lowest BCUT2D eigenvalue weighted by Gasteiger charge is -2.27. The average Bonchev–Trinajstić information content (AvgIpc) is 3.05. The van der Waals surface area contributed by atoms with Gasteiger partial charge in [-0.3, -0.25) is 19.5 Å². The summed E-state index contributed by atoms with van der Waals surface area (Å²) in [6.45, 7) is 5.12. The Bertz CT molecular complexity index is 1520. The van der Waals surface area contributed by atoms with Crippen LogP contribution in [0.2, 0.25) is 0 Å². The van der Waals surface area contributed by atoms with E-state index in [1.165, 1.54) is 4.90 Å². The Morgan fingerprint density at radius 1 is 0.870 bits per heavy atom. The standard InChI is InChI=1S/C35H39N5O4.2ClH/c1-3-44-31-16-12-26(13-17-31)21-32(39-33(41)30-14-6-25(2)7-15-30)34(42)40(20-18-28-5-4-19-37-23-28)35(43)38-24-29-10-8-27(22-36)9-11-29;;/h4-17,19,23,32H,3,18,20-22,24,36H2,1-2H3,(H,38,43)(H,39,41);2*1H/t32-;;/m1../s1. The molecule has 0 unspecified atom stereocenters. The summed E-state index contributed by atoms with van der Waals surface area (Å²) in [5.41, 5.74) is 10.7. The van der Waals surface area contributed by atoms with E-state index >= 15 is 0 Å². The molecule has 0 radical (unpaired) electrons. The minimum Gasteiger partial charge on any atom is -0.494 e. The molecular formula is C35H41Cl2N5O4. The van der Waals surface area contributed by atoms with E-state index in [1.54, 1.807) is 24.5 Å². The third-order valence-corrected chi connectivity index (χ3v) is 7.15. The van der Waals surface area contributed by atoms with Gasteiger partial charge in [0.25, 0.3) is 11.8 Å². The average molecular weight is 667 g/mol. The number of rotatable bonds is 13. The van der Waals surface area contributed by atoms with E-state index in [-0.39, 0.29) is 44.3 Å². The molecule has 0 saturated carbocycles.